The number of hydrogen-bond donors (Lipinski definition) is 2. The maximum atomic E-state index is 12.5. The fourth-order valence-electron chi connectivity index (χ4n) is 3.05. The van der Waals surface area contributed by atoms with Gasteiger partial charge in [0.1, 0.15) is 6.26 Å². The largest absolute Gasteiger partial charge is 0.431 e. The van der Waals surface area contributed by atoms with Gasteiger partial charge in [0, 0.05) is 37.4 Å². The molecular weight excluding hydrogens is 424 g/mol. The highest BCUT2D eigenvalue weighted by molar-refractivity contribution is 7.87. The van der Waals surface area contributed by atoms with Gasteiger partial charge in [0.15, 0.2) is 5.69 Å². The first-order valence-corrected chi connectivity index (χ1v) is 11.6. The Bertz CT molecular complexity index is 1010. The third-order valence-corrected chi connectivity index (χ3v) is 6.18. The lowest BCUT2D eigenvalue weighted by molar-refractivity contribution is 0.0973. The minimum Gasteiger partial charge on any atom is -0.431 e. The molecule has 0 saturated carbocycles. The molecule has 0 bridgehead atoms. The predicted molar refractivity (Wildman–Crippen MR) is 114 cm³/mol. The van der Waals surface area contributed by atoms with Crippen molar-refractivity contribution in [3.8, 4) is 0 Å². The third kappa shape index (κ3) is 5.63. The van der Waals surface area contributed by atoms with E-state index in [1.54, 1.807) is 0 Å². The second kappa shape index (κ2) is 8.97. The van der Waals surface area contributed by atoms with Crippen molar-refractivity contribution in [3.05, 3.63) is 23.8 Å². The molecule has 31 heavy (non-hydrogen) atoms. The smallest absolute Gasteiger partial charge is 0.304 e. The zero-order valence-electron chi connectivity index (χ0n) is 18.5. The van der Waals surface area contributed by atoms with Gasteiger partial charge in [-0.2, -0.15) is 22.8 Å². The minimum absolute atomic E-state index is 0.0690. The van der Waals surface area contributed by atoms with Crippen LogP contribution in [0.1, 0.15) is 63.3 Å². The van der Waals surface area contributed by atoms with Crippen LogP contribution in [0.25, 0.3) is 0 Å². The molecular formula is C19H30N6O5S. The van der Waals surface area contributed by atoms with Crippen LogP contribution < -0.4 is 10.0 Å². The fraction of sp³-hybridized carbons (Fsp3) is 0.632. The van der Waals surface area contributed by atoms with Crippen molar-refractivity contribution in [3.63, 3.8) is 0 Å². The van der Waals surface area contributed by atoms with Crippen molar-refractivity contribution >= 4 is 27.8 Å². The first kappa shape index (κ1) is 23.2. The van der Waals surface area contributed by atoms with Crippen LogP contribution in [0.3, 0.4) is 0 Å². The molecule has 0 unspecified atom stereocenters. The Morgan fingerprint density at radius 3 is 2.65 bits per heavy atom. The molecule has 2 aromatic heterocycles. The number of nitrogens with one attached hydrogen (secondary N) is 2. The van der Waals surface area contributed by atoms with Crippen LogP contribution in [-0.4, -0.2) is 59.7 Å². The summed E-state index contributed by atoms with van der Waals surface area (Å²) in [5.41, 5.74) is 1.13. The van der Waals surface area contributed by atoms with Crippen LogP contribution >= 0.6 is 0 Å². The van der Waals surface area contributed by atoms with Gasteiger partial charge in [0.2, 0.25) is 0 Å². The molecule has 0 atom stereocenters. The molecule has 2 aromatic rings. The lowest BCUT2D eigenvalue weighted by atomic mass is 9.91. The van der Waals surface area contributed by atoms with Crippen LogP contribution in [0.5, 0.6) is 0 Å². The number of amides is 1. The zero-order valence-corrected chi connectivity index (χ0v) is 19.3. The summed E-state index contributed by atoms with van der Waals surface area (Å²) in [6, 6.07) is 0.233. The molecule has 1 aliphatic heterocycles. The summed E-state index contributed by atoms with van der Waals surface area (Å²) in [6.07, 6.45) is 3.52. The molecule has 1 amide bonds. The van der Waals surface area contributed by atoms with Crippen molar-refractivity contribution in [2.75, 3.05) is 31.6 Å². The van der Waals surface area contributed by atoms with Crippen molar-refractivity contribution in [1.82, 2.24) is 23.8 Å². The molecule has 0 aromatic carbocycles. The Kier molecular flexibility index (Phi) is 6.72. The number of rotatable bonds is 6. The molecule has 11 nitrogen and oxygen atoms in total. The van der Waals surface area contributed by atoms with Crippen LogP contribution in [0.2, 0.25) is 0 Å². The highest BCUT2D eigenvalue weighted by Crippen LogP contribution is 2.31. The van der Waals surface area contributed by atoms with Gasteiger partial charge in [-0.15, -0.1) is 0 Å². The second-order valence-corrected chi connectivity index (χ2v) is 10.3. The molecule has 12 heteroatoms. The van der Waals surface area contributed by atoms with Gasteiger partial charge in [0.05, 0.1) is 18.0 Å². The SMILES string of the molecule is CC(C)n1cc(Nc2nc(C(=O)NS(=O)(=O)N3CCCOCC3)co2)c(C(C)(C)C)n1. The Labute approximate surface area is 182 Å². The summed E-state index contributed by atoms with van der Waals surface area (Å²) in [6.45, 7) is 11.4. The van der Waals surface area contributed by atoms with Gasteiger partial charge in [-0.3, -0.25) is 9.48 Å². The fourth-order valence-corrected chi connectivity index (χ4v) is 4.20. The normalized spacial score (nSPS) is 16.3. The summed E-state index contributed by atoms with van der Waals surface area (Å²) in [5, 5.41) is 7.68. The number of carbonyl (C=O) groups excluding carboxylic acids is 1. The van der Waals surface area contributed by atoms with E-state index in [9.17, 15) is 13.2 Å². The summed E-state index contributed by atoms with van der Waals surface area (Å²) < 4.78 is 40.7. The molecule has 0 radical (unpaired) electrons. The number of hydrogen-bond acceptors (Lipinski definition) is 8. The monoisotopic (exact) mass is 454 g/mol. The topological polar surface area (TPSA) is 132 Å². The van der Waals surface area contributed by atoms with Gasteiger partial charge in [0.25, 0.3) is 11.9 Å². The Morgan fingerprint density at radius 1 is 1.23 bits per heavy atom. The highest BCUT2D eigenvalue weighted by atomic mass is 32.2. The summed E-state index contributed by atoms with van der Waals surface area (Å²) in [4.78, 5) is 16.6. The van der Waals surface area contributed by atoms with E-state index >= 15 is 0 Å². The van der Waals surface area contributed by atoms with Crippen molar-refractivity contribution in [1.29, 1.82) is 0 Å². The quantitative estimate of drug-likeness (QED) is 0.679. The van der Waals surface area contributed by atoms with E-state index in [1.807, 2.05) is 50.2 Å². The lowest BCUT2D eigenvalue weighted by Gasteiger charge is -2.18. The van der Waals surface area contributed by atoms with Crippen LogP contribution in [0.15, 0.2) is 16.9 Å². The van der Waals surface area contributed by atoms with Gasteiger partial charge in [-0.05, 0) is 20.3 Å². The number of carbonyl (C=O) groups is 1. The Balaban J connectivity index is 1.74. The van der Waals surface area contributed by atoms with E-state index in [2.05, 4.69) is 15.4 Å². The molecule has 1 aliphatic rings. The number of oxazole rings is 1. The van der Waals surface area contributed by atoms with E-state index in [-0.39, 0.29) is 42.9 Å². The molecule has 1 fully saturated rings. The number of nitrogens with zero attached hydrogens (tertiary/aromatic N) is 4. The van der Waals surface area contributed by atoms with E-state index < -0.39 is 16.1 Å². The van der Waals surface area contributed by atoms with E-state index in [4.69, 9.17) is 9.15 Å². The number of anilines is 2. The summed E-state index contributed by atoms with van der Waals surface area (Å²) >= 11 is 0. The van der Waals surface area contributed by atoms with Crippen molar-refractivity contribution in [2.24, 2.45) is 0 Å². The standard InChI is InChI=1S/C19H30N6O5S/c1-13(2)25-11-14(16(22-25)19(3,4)5)20-18-21-15(12-30-18)17(26)23-31(27,28)24-7-6-9-29-10-8-24/h11-13H,6-10H2,1-5H3,(H,20,21)(H,23,26). The van der Waals surface area contributed by atoms with Crippen molar-refractivity contribution < 1.29 is 22.4 Å². The van der Waals surface area contributed by atoms with Gasteiger partial charge < -0.3 is 14.5 Å². The molecule has 3 heterocycles. The summed E-state index contributed by atoms with van der Waals surface area (Å²) in [5.74, 6) is -0.865. The molecule has 0 aliphatic carbocycles. The average molecular weight is 455 g/mol. The zero-order chi connectivity index (χ0) is 22.8. The van der Waals surface area contributed by atoms with Gasteiger partial charge in [-0.1, -0.05) is 20.8 Å². The first-order valence-electron chi connectivity index (χ1n) is 10.2. The van der Waals surface area contributed by atoms with E-state index in [0.29, 0.717) is 18.7 Å². The molecule has 0 spiro atoms. The first-order chi connectivity index (χ1) is 14.5. The third-order valence-electron chi connectivity index (χ3n) is 4.69. The second-order valence-electron chi connectivity index (χ2n) is 8.68. The summed E-state index contributed by atoms with van der Waals surface area (Å²) in [7, 11) is -4.00. The Hall–Kier alpha value is -2.44. The number of ether oxygens (including phenoxy) is 1. The molecule has 3 rings (SSSR count). The van der Waals surface area contributed by atoms with Gasteiger partial charge in [-0.25, -0.2) is 4.72 Å². The van der Waals surface area contributed by atoms with E-state index in [0.717, 1.165) is 12.0 Å². The maximum Gasteiger partial charge on any atom is 0.304 e. The number of aromatic nitrogens is 3. The lowest BCUT2D eigenvalue weighted by Crippen LogP contribution is -2.44. The van der Waals surface area contributed by atoms with Crippen molar-refractivity contribution in [2.45, 2.75) is 52.5 Å². The average Bonchev–Trinajstić information content (AvgIpc) is 3.21. The van der Waals surface area contributed by atoms with Crippen LogP contribution in [-0.2, 0) is 20.4 Å². The molecule has 2 N–H and O–H groups in total. The van der Waals surface area contributed by atoms with Crippen LogP contribution in [0, 0.1) is 0 Å². The van der Waals surface area contributed by atoms with Gasteiger partial charge >= 0.3 is 10.2 Å². The van der Waals surface area contributed by atoms with Crippen LogP contribution in [0.4, 0.5) is 11.7 Å². The molecule has 172 valence electrons. The minimum atomic E-state index is -4.00. The highest BCUT2D eigenvalue weighted by Gasteiger charge is 2.28. The molecule has 1 saturated heterocycles. The maximum absolute atomic E-state index is 12.5. The Morgan fingerprint density at radius 2 is 1.97 bits per heavy atom. The predicted octanol–water partition coefficient (Wildman–Crippen LogP) is 2.19. The van der Waals surface area contributed by atoms with E-state index in [1.165, 1.54) is 4.31 Å².